The number of anilines is 1. The van der Waals surface area contributed by atoms with Crippen LogP contribution in [0.1, 0.15) is 12.5 Å². The van der Waals surface area contributed by atoms with Gasteiger partial charge in [-0.15, -0.1) is 5.92 Å². The topological polar surface area (TPSA) is 59.6 Å². The summed E-state index contributed by atoms with van der Waals surface area (Å²) in [5.41, 5.74) is -6.18. The number of H-pyrrole nitrogens is 1. The van der Waals surface area contributed by atoms with E-state index in [9.17, 15) is 36.2 Å². The molecule has 1 aromatic carbocycles. The summed E-state index contributed by atoms with van der Waals surface area (Å²) in [4.78, 5) is 16.7. The first-order valence-corrected chi connectivity index (χ1v) is 11.3. The summed E-state index contributed by atoms with van der Waals surface area (Å²) in [5.74, 6) is 5.80. The lowest BCUT2D eigenvalue weighted by Gasteiger charge is -2.40. The molecule has 1 atom stereocenters. The van der Waals surface area contributed by atoms with Gasteiger partial charge in [0.1, 0.15) is 6.04 Å². The van der Waals surface area contributed by atoms with Crippen LogP contribution in [-0.4, -0.2) is 52.4 Å². The largest absolute Gasteiger partial charge is 0.430 e. The van der Waals surface area contributed by atoms with E-state index in [-0.39, 0.29) is 5.56 Å². The second-order valence-electron chi connectivity index (χ2n) is 7.35. The number of nitrogens with one attached hydrogen (secondary N) is 1. The maximum Gasteiger partial charge on any atom is 0.430 e. The smallest absolute Gasteiger partial charge is 0.369 e. The number of rotatable bonds is 4. The lowest BCUT2D eigenvalue weighted by molar-refractivity contribution is -0.376. The number of halogens is 7. The normalized spacial score (nSPS) is 17.9. The molecule has 0 bridgehead atoms. The van der Waals surface area contributed by atoms with Gasteiger partial charge in [0.25, 0.3) is 11.2 Å². The summed E-state index contributed by atoms with van der Waals surface area (Å²) in [5, 5.41) is 9.58. The van der Waals surface area contributed by atoms with Crippen LogP contribution >= 0.6 is 27.9 Å². The average Bonchev–Trinajstić information content (AvgIpc) is 2.75. The van der Waals surface area contributed by atoms with Crippen molar-refractivity contribution in [2.45, 2.75) is 35.8 Å². The molecule has 0 radical (unpaired) electrons. The molecule has 0 amide bonds. The number of hydrogen-bond acceptors (Lipinski definition) is 5. The lowest BCUT2D eigenvalue weighted by Crippen LogP contribution is -2.54. The first kappa shape index (κ1) is 26.5. The van der Waals surface area contributed by atoms with E-state index >= 15 is 0 Å². The van der Waals surface area contributed by atoms with Crippen molar-refractivity contribution in [1.29, 1.82) is 0 Å². The molecule has 3 rings (SSSR count). The van der Waals surface area contributed by atoms with E-state index in [1.807, 2.05) is 4.31 Å². The van der Waals surface area contributed by atoms with Gasteiger partial charge in [0.2, 0.25) is 0 Å². The van der Waals surface area contributed by atoms with Crippen LogP contribution in [0.2, 0.25) is 0 Å². The molecule has 1 aromatic heterocycles. The second-order valence-corrected chi connectivity index (χ2v) is 9.37. The Morgan fingerprint density at radius 3 is 2.26 bits per heavy atom. The molecule has 0 spiro atoms. The summed E-state index contributed by atoms with van der Waals surface area (Å²) >= 11 is 4.55. The van der Waals surface area contributed by atoms with Crippen molar-refractivity contribution in [3.05, 3.63) is 56.9 Å². The number of hydrogen-bond donors (Lipinski definition) is 2. The van der Waals surface area contributed by atoms with Gasteiger partial charge in [-0.2, -0.15) is 26.3 Å². The maximum absolute atomic E-state index is 13.1. The van der Waals surface area contributed by atoms with E-state index in [0.29, 0.717) is 41.9 Å². The Hall–Kier alpha value is -2.14. The van der Waals surface area contributed by atoms with E-state index in [2.05, 4.69) is 32.8 Å². The highest BCUT2D eigenvalue weighted by atomic mass is 79.9. The molecule has 5 nitrogen and oxygen atoms in total. The zero-order valence-electron chi connectivity index (χ0n) is 17.5. The van der Waals surface area contributed by atoms with Gasteiger partial charge in [-0.25, -0.2) is 4.31 Å². The molecule has 2 heterocycles. The minimum atomic E-state index is -5.94. The van der Waals surface area contributed by atoms with Crippen LogP contribution in [-0.2, 0) is 5.60 Å². The van der Waals surface area contributed by atoms with Crippen LogP contribution in [0.3, 0.4) is 0 Å². The highest BCUT2D eigenvalue weighted by Gasteiger charge is 2.71. The van der Waals surface area contributed by atoms with Crippen LogP contribution in [0.15, 0.2) is 50.7 Å². The lowest BCUT2D eigenvalue weighted by atomic mass is 9.92. The van der Waals surface area contributed by atoms with Crippen LogP contribution in [0.25, 0.3) is 0 Å². The van der Waals surface area contributed by atoms with Crippen molar-refractivity contribution in [1.82, 2.24) is 9.29 Å². The summed E-state index contributed by atoms with van der Waals surface area (Å²) in [7, 11) is 0. The molecule has 1 unspecified atom stereocenters. The SMILES string of the molecule is CC#CC1CN(Sc2c[nH]c(=O)c(Br)c2)CCN1c1ccc(C(O)(C(F)(F)F)C(F)(F)F)cc1. The minimum absolute atomic E-state index is 0.268. The molecule has 13 heteroatoms. The Balaban J connectivity index is 1.82. The number of pyridine rings is 1. The monoisotopic (exact) mass is 569 g/mol. The van der Waals surface area contributed by atoms with E-state index in [1.54, 1.807) is 24.1 Å². The third-order valence-corrected chi connectivity index (χ3v) is 6.78. The predicted molar refractivity (Wildman–Crippen MR) is 119 cm³/mol. The van der Waals surface area contributed by atoms with E-state index in [1.165, 1.54) is 11.9 Å². The molecule has 0 aliphatic carbocycles. The standard InChI is InChI=1S/C21H18BrF6N3O2S/c1-2-3-15-12-30(34-16-10-17(22)18(32)29-11-16)8-9-31(15)14-6-4-13(5-7-14)19(33,20(23,24)25)21(26,27)28/h4-7,10-11,15,33H,8-9,12H2,1H3,(H,29,32). The Morgan fingerprint density at radius 1 is 1.12 bits per heavy atom. The van der Waals surface area contributed by atoms with Crippen molar-refractivity contribution in [3.63, 3.8) is 0 Å². The predicted octanol–water partition coefficient (Wildman–Crippen LogP) is 4.67. The zero-order valence-corrected chi connectivity index (χ0v) is 19.9. The van der Waals surface area contributed by atoms with Gasteiger partial charge in [-0.3, -0.25) is 4.79 Å². The second kappa shape index (κ2) is 9.85. The summed E-state index contributed by atoms with van der Waals surface area (Å²) in [6, 6.07) is 4.76. The van der Waals surface area contributed by atoms with E-state index in [4.69, 9.17) is 0 Å². The molecule has 1 aliphatic heterocycles. The van der Waals surface area contributed by atoms with Gasteiger partial charge in [0, 0.05) is 42.0 Å². The number of piperazine rings is 1. The molecule has 2 aromatic rings. The molecular formula is C21H18BrF6N3O2S. The third-order valence-electron chi connectivity index (χ3n) is 5.16. The summed E-state index contributed by atoms with van der Waals surface area (Å²) in [6.07, 6.45) is -10.3. The number of alkyl halides is 6. The number of nitrogens with zero attached hydrogens (tertiary/aromatic N) is 2. The number of aromatic amines is 1. The molecule has 1 aliphatic rings. The fourth-order valence-corrected chi connectivity index (χ4v) is 4.94. The van der Waals surface area contributed by atoms with Gasteiger partial charge in [0.15, 0.2) is 0 Å². The molecule has 184 valence electrons. The van der Waals surface area contributed by atoms with Gasteiger partial charge in [-0.05, 0) is 53.0 Å². The molecular weight excluding hydrogens is 552 g/mol. The molecule has 2 N–H and O–H groups in total. The van der Waals surface area contributed by atoms with Crippen LogP contribution in [0, 0.1) is 11.8 Å². The highest BCUT2D eigenvalue weighted by Crippen LogP contribution is 2.50. The van der Waals surface area contributed by atoms with Crippen molar-refractivity contribution >= 4 is 33.6 Å². The Bertz CT molecular complexity index is 1130. The average molecular weight is 570 g/mol. The van der Waals surface area contributed by atoms with Gasteiger partial charge in [-0.1, -0.05) is 18.1 Å². The van der Waals surface area contributed by atoms with Crippen molar-refractivity contribution in [3.8, 4) is 11.8 Å². The Morgan fingerprint density at radius 2 is 1.74 bits per heavy atom. The van der Waals surface area contributed by atoms with Crippen LogP contribution < -0.4 is 10.5 Å². The molecule has 0 saturated carbocycles. The first-order valence-electron chi connectivity index (χ1n) is 9.74. The zero-order chi connectivity index (χ0) is 25.3. The van der Waals surface area contributed by atoms with Gasteiger partial charge >= 0.3 is 12.4 Å². The van der Waals surface area contributed by atoms with Crippen molar-refractivity contribution < 1.29 is 31.4 Å². The maximum atomic E-state index is 13.1. The van der Waals surface area contributed by atoms with Gasteiger partial charge in [0.05, 0.1) is 4.47 Å². The molecule has 1 saturated heterocycles. The fraction of sp³-hybridized carbons (Fsp3) is 0.381. The quantitative estimate of drug-likeness (QED) is 0.318. The Labute approximate surface area is 203 Å². The number of aliphatic hydroxyl groups is 1. The molecule has 34 heavy (non-hydrogen) atoms. The summed E-state index contributed by atoms with van der Waals surface area (Å²) < 4.78 is 81.2. The third kappa shape index (κ3) is 5.25. The molecule has 1 fully saturated rings. The highest BCUT2D eigenvalue weighted by molar-refractivity contribution is 9.10. The van der Waals surface area contributed by atoms with E-state index < -0.39 is 29.6 Å². The van der Waals surface area contributed by atoms with Gasteiger partial charge < -0.3 is 15.0 Å². The fourth-order valence-electron chi connectivity index (χ4n) is 3.46. The van der Waals surface area contributed by atoms with Crippen molar-refractivity contribution in [2.24, 2.45) is 0 Å². The first-order chi connectivity index (χ1) is 15.8. The minimum Gasteiger partial charge on any atom is -0.369 e. The summed E-state index contributed by atoms with van der Waals surface area (Å²) in [6.45, 7) is 2.93. The number of aromatic nitrogens is 1. The number of benzene rings is 1. The van der Waals surface area contributed by atoms with Crippen LogP contribution in [0.4, 0.5) is 32.0 Å². The van der Waals surface area contributed by atoms with Crippen LogP contribution in [0.5, 0.6) is 0 Å². The van der Waals surface area contributed by atoms with Crippen molar-refractivity contribution in [2.75, 3.05) is 24.5 Å². The van der Waals surface area contributed by atoms with E-state index in [0.717, 1.165) is 17.0 Å². The Kier molecular flexibility index (Phi) is 7.66.